The van der Waals surface area contributed by atoms with E-state index in [4.69, 9.17) is 5.53 Å². The maximum Gasteiger partial charge on any atom is 0.673 e. The predicted molar refractivity (Wildman–Crippen MR) is 49.7 cm³/mol. The summed E-state index contributed by atoms with van der Waals surface area (Å²) in [5.41, 5.74) is 8.98. The summed E-state index contributed by atoms with van der Waals surface area (Å²) in [6, 6.07) is 9.54. The molecular formula is C8H6BF4N2-. The second kappa shape index (κ2) is 6.59. The predicted octanol–water partition coefficient (Wildman–Crippen LogP) is 2.90. The number of halogens is 4. The van der Waals surface area contributed by atoms with Crippen LogP contribution in [0.5, 0.6) is 0 Å². The van der Waals surface area contributed by atoms with Crippen molar-refractivity contribution in [1.82, 2.24) is 0 Å². The zero-order valence-corrected chi connectivity index (χ0v) is 7.45. The molecule has 0 radical (unpaired) electrons. The minimum Gasteiger partial charge on any atom is -0.418 e. The van der Waals surface area contributed by atoms with Gasteiger partial charge in [0.05, 0.1) is 6.08 Å². The number of nitrogens with zero attached hydrogens (tertiary/aromatic N) is 2. The first-order valence-electron chi connectivity index (χ1n) is 3.78. The second-order valence-corrected chi connectivity index (χ2v) is 2.28. The van der Waals surface area contributed by atoms with Gasteiger partial charge in [0.1, 0.15) is 0 Å². The van der Waals surface area contributed by atoms with Crippen LogP contribution in [-0.2, 0) is 0 Å². The largest absolute Gasteiger partial charge is 0.673 e. The van der Waals surface area contributed by atoms with Crippen LogP contribution in [0.2, 0.25) is 0 Å². The van der Waals surface area contributed by atoms with E-state index in [0.717, 1.165) is 5.56 Å². The van der Waals surface area contributed by atoms with Crippen LogP contribution in [0, 0.1) is 0 Å². The van der Waals surface area contributed by atoms with Crippen molar-refractivity contribution in [2.75, 3.05) is 0 Å². The number of hydrogen-bond donors (Lipinski definition) is 0. The van der Waals surface area contributed by atoms with Crippen molar-refractivity contribution in [3.8, 4) is 0 Å². The van der Waals surface area contributed by atoms with Gasteiger partial charge in [-0.1, -0.05) is 30.3 Å². The van der Waals surface area contributed by atoms with Crippen LogP contribution in [-0.4, -0.2) is 17.9 Å². The van der Waals surface area contributed by atoms with Crippen molar-refractivity contribution in [2.45, 2.75) is 0 Å². The van der Waals surface area contributed by atoms with Gasteiger partial charge in [-0.25, -0.2) is 0 Å². The molecule has 80 valence electrons. The monoisotopic (exact) mass is 217 g/mol. The fourth-order valence-corrected chi connectivity index (χ4v) is 0.653. The highest BCUT2D eigenvalue weighted by Gasteiger charge is 2.20. The van der Waals surface area contributed by atoms with Gasteiger partial charge < -0.3 is 22.8 Å². The first-order chi connectivity index (χ1) is 6.93. The molecule has 15 heavy (non-hydrogen) atoms. The molecule has 1 aromatic rings. The van der Waals surface area contributed by atoms with Gasteiger partial charge in [-0.15, -0.1) is 4.79 Å². The van der Waals surface area contributed by atoms with E-state index in [-0.39, 0.29) is 0 Å². The average Bonchev–Trinajstić information content (AvgIpc) is 2.14. The van der Waals surface area contributed by atoms with Crippen LogP contribution in [0.4, 0.5) is 17.3 Å². The van der Waals surface area contributed by atoms with E-state index in [1.54, 1.807) is 6.08 Å². The molecule has 0 saturated heterocycles. The van der Waals surface area contributed by atoms with Gasteiger partial charge in [0.15, 0.2) is 0 Å². The maximum atomic E-state index is 9.75. The van der Waals surface area contributed by atoms with Gasteiger partial charge in [0.2, 0.25) is 0 Å². The first kappa shape index (κ1) is 13.2. The fourth-order valence-electron chi connectivity index (χ4n) is 0.653. The summed E-state index contributed by atoms with van der Waals surface area (Å²) < 4.78 is 39.0. The van der Waals surface area contributed by atoms with E-state index in [1.807, 2.05) is 30.3 Å². The minimum absolute atomic E-state index is 0.973. The van der Waals surface area contributed by atoms with Crippen molar-refractivity contribution in [2.24, 2.45) is 0 Å². The van der Waals surface area contributed by atoms with Crippen LogP contribution in [0.15, 0.2) is 30.3 Å². The summed E-state index contributed by atoms with van der Waals surface area (Å²) in [4.78, 5) is 2.73. The van der Waals surface area contributed by atoms with Gasteiger partial charge in [-0.05, 0) is 5.56 Å². The summed E-state index contributed by atoms with van der Waals surface area (Å²) in [5, 5.41) is 0. The lowest BCUT2D eigenvalue weighted by Gasteiger charge is -1.94. The van der Waals surface area contributed by atoms with Gasteiger partial charge in [0.25, 0.3) is 5.87 Å². The molecule has 0 aliphatic carbocycles. The van der Waals surface area contributed by atoms with E-state index in [0.29, 0.717) is 0 Å². The van der Waals surface area contributed by atoms with Crippen LogP contribution in [0.25, 0.3) is 11.6 Å². The molecule has 0 N–H and O–H groups in total. The van der Waals surface area contributed by atoms with Crippen molar-refractivity contribution in [3.05, 3.63) is 41.4 Å². The zero-order valence-electron chi connectivity index (χ0n) is 7.45. The summed E-state index contributed by atoms with van der Waals surface area (Å²) in [6.45, 7) is 0. The van der Waals surface area contributed by atoms with Crippen molar-refractivity contribution in [1.29, 1.82) is 0 Å². The zero-order chi connectivity index (χ0) is 11.7. The second-order valence-electron chi connectivity index (χ2n) is 2.28. The Morgan fingerprint density at radius 1 is 1.13 bits per heavy atom. The Morgan fingerprint density at radius 3 is 2.00 bits per heavy atom. The number of benzene rings is 1. The molecule has 0 aliphatic heterocycles. The average molecular weight is 217 g/mol. The third kappa shape index (κ3) is 12.2. The van der Waals surface area contributed by atoms with Gasteiger partial charge in [0, 0.05) is 0 Å². The van der Waals surface area contributed by atoms with E-state index in [9.17, 15) is 17.3 Å². The number of hydrogen-bond acceptors (Lipinski definition) is 0. The molecule has 0 aromatic heterocycles. The van der Waals surface area contributed by atoms with Gasteiger partial charge in [-0.3, -0.25) is 0 Å². The SMILES string of the molecule is F[B-](F)(F)F.[N-]=[N+]=C=Cc1ccccc1. The Hall–Kier alpha value is -1.84. The lowest BCUT2D eigenvalue weighted by molar-refractivity contribution is 0.00864. The molecular weight excluding hydrogens is 211 g/mol. The van der Waals surface area contributed by atoms with E-state index in [2.05, 4.69) is 10.7 Å². The smallest absolute Gasteiger partial charge is 0.418 e. The maximum absolute atomic E-state index is 9.75. The lowest BCUT2D eigenvalue weighted by Crippen LogP contribution is -2.02. The van der Waals surface area contributed by atoms with Crippen LogP contribution < -0.4 is 0 Å². The molecule has 1 rings (SSSR count). The quantitative estimate of drug-likeness (QED) is 0.228. The molecule has 0 fully saturated rings. The summed E-state index contributed by atoms with van der Waals surface area (Å²) in [6.07, 6.45) is 1.60. The molecule has 0 bridgehead atoms. The Labute approximate surface area is 83.6 Å². The highest BCUT2D eigenvalue weighted by molar-refractivity contribution is 6.50. The molecule has 0 spiro atoms. The molecule has 0 heterocycles. The summed E-state index contributed by atoms with van der Waals surface area (Å²) in [5.74, 6) is 2.32. The third-order valence-electron chi connectivity index (χ3n) is 1.09. The summed E-state index contributed by atoms with van der Waals surface area (Å²) >= 11 is 0. The molecule has 0 aliphatic rings. The van der Waals surface area contributed by atoms with E-state index >= 15 is 0 Å². The normalized spacial score (nSPS) is 9.07. The van der Waals surface area contributed by atoms with Gasteiger partial charge in [-0.2, -0.15) is 0 Å². The highest BCUT2D eigenvalue weighted by atomic mass is 19.5. The molecule has 0 unspecified atom stereocenters. The van der Waals surface area contributed by atoms with E-state index < -0.39 is 7.25 Å². The van der Waals surface area contributed by atoms with Crippen LogP contribution >= 0.6 is 0 Å². The Kier molecular flexibility index (Phi) is 5.79. The third-order valence-corrected chi connectivity index (χ3v) is 1.09. The standard InChI is InChI=1S/C8H6N2.BF4/c9-10-7-6-8-4-2-1-3-5-8;2-1(3,4)5/h1-6H;/q;-1. The van der Waals surface area contributed by atoms with E-state index in [1.165, 1.54) is 0 Å². The molecule has 0 atom stereocenters. The fraction of sp³-hybridized carbons (Fsp3) is 0. The van der Waals surface area contributed by atoms with Gasteiger partial charge >= 0.3 is 7.25 Å². The Bertz CT molecular complexity index is 358. The summed E-state index contributed by atoms with van der Waals surface area (Å²) in [7, 11) is -6.00. The van der Waals surface area contributed by atoms with Crippen LogP contribution in [0.1, 0.15) is 5.56 Å². The first-order valence-corrected chi connectivity index (χ1v) is 3.78. The van der Waals surface area contributed by atoms with Crippen molar-refractivity contribution >= 4 is 19.2 Å². The topological polar surface area (TPSA) is 36.4 Å². The molecule has 0 saturated carbocycles. The lowest BCUT2D eigenvalue weighted by atomic mass is 10.2. The molecule has 0 amide bonds. The highest BCUT2D eigenvalue weighted by Crippen LogP contribution is 2.06. The minimum atomic E-state index is -6.00. The molecule has 1 aromatic carbocycles. The van der Waals surface area contributed by atoms with Crippen molar-refractivity contribution < 1.29 is 22.1 Å². The van der Waals surface area contributed by atoms with Crippen LogP contribution in [0.3, 0.4) is 0 Å². The Morgan fingerprint density at radius 2 is 1.60 bits per heavy atom. The number of rotatable bonds is 1. The molecule has 2 nitrogen and oxygen atoms in total. The molecule has 7 heteroatoms. The van der Waals surface area contributed by atoms with Crippen molar-refractivity contribution in [3.63, 3.8) is 0 Å². The Balaban J connectivity index is 0.000000336.